The van der Waals surface area contributed by atoms with E-state index in [-0.39, 0.29) is 0 Å². The molecule has 3 heteroatoms. The summed E-state index contributed by atoms with van der Waals surface area (Å²) in [6.45, 7) is 2.13. The number of furan rings is 1. The fourth-order valence-electron chi connectivity index (χ4n) is 3.60. The average Bonchev–Trinajstić information content (AvgIpc) is 3.01. The zero-order chi connectivity index (χ0) is 17.0. The molecule has 0 saturated carbocycles. The number of aryl methyl sites for hydroxylation is 2. The molecule has 2 aromatic carbocycles. The highest BCUT2D eigenvalue weighted by Gasteiger charge is 2.23. The molecule has 5 aromatic rings. The van der Waals surface area contributed by atoms with Crippen LogP contribution in [0.15, 0.2) is 71.4 Å². The van der Waals surface area contributed by atoms with Crippen molar-refractivity contribution in [1.82, 2.24) is 4.98 Å². The first-order chi connectivity index (χ1) is 12.2. The van der Waals surface area contributed by atoms with Crippen molar-refractivity contribution in [2.24, 2.45) is 7.05 Å². The van der Waals surface area contributed by atoms with Crippen LogP contribution in [-0.4, -0.2) is 4.98 Å². The lowest BCUT2D eigenvalue weighted by molar-refractivity contribution is -0.659. The number of pyridine rings is 2. The van der Waals surface area contributed by atoms with E-state index in [0.29, 0.717) is 0 Å². The number of hydrogen-bond donors (Lipinski definition) is 0. The SMILES string of the molecule is Cc1ccccc1-c1c2oc3c4ccccc4cnc3c2cc[n+]1C. The first kappa shape index (κ1) is 14.2. The highest BCUT2D eigenvalue weighted by molar-refractivity contribution is 6.14. The average molecular weight is 325 g/mol. The van der Waals surface area contributed by atoms with Gasteiger partial charge in [0.05, 0.1) is 10.9 Å². The van der Waals surface area contributed by atoms with Gasteiger partial charge in [0, 0.05) is 23.0 Å². The van der Waals surface area contributed by atoms with E-state index in [1.54, 1.807) is 0 Å². The Balaban J connectivity index is 1.98. The summed E-state index contributed by atoms with van der Waals surface area (Å²) in [4.78, 5) is 4.68. The molecule has 0 amide bonds. The summed E-state index contributed by atoms with van der Waals surface area (Å²) in [5.74, 6) is 0. The maximum Gasteiger partial charge on any atom is 0.256 e. The molecule has 3 aromatic heterocycles. The fourth-order valence-corrected chi connectivity index (χ4v) is 3.60. The van der Waals surface area contributed by atoms with Crippen molar-refractivity contribution in [2.45, 2.75) is 6.92 Å². The summed E-state index contributed by atoms with van der Waals surface area (Å²) in [6.07, 6.45) is 4.00. The number of benzene rings is 2. The number of hydrogen-bond acceptors (Lipinski definition) is 2. The van der Waals surface area contributed by atoms with Gasteiger partial charge in [-0.05, 0) is 18.6 Å². The van der Waals surface area contributed by atoms with Crippen LogP contribution in [0, 0.1) is 6.92 Å². The van der Waals surface area contributed by atoms with Crippen LogP contribution in [0.3, 0.4) is 0 Å². The van der Waals surface area contributed by atoms with Gasteiger partial charge in [0.2, 0.25) is 5.58 Å². The van der Waals surface area contributed by atoms with E-state index in [0.717, 1.165) is 38.5 Å². The van der Waals surface area contributed by atoms with Crippen molar-refractivity contribution in [3.8, 4) is 11.3 Å². The molecule has 25 heavy (non-hydrogen) atoms. The van der Waals surface area contributed by atoms with Crippen LogP contribution in [0.4, 0.5) is 0 Å². The van der Waals surface area contributed by atoms with Crippen LogP contribution in [0.2, 0.25) is 0 Å². The summed E-state index contributed by atoms with van der Waals surface area (Å²) < 4.78 is 8.52. The maximum absolute atomic E-state index is 6.40. The Morgan fingerprint density at radius 3 is 2.56 bits per heavy atom. The van der Waals surface area contributed by atoms with Crippen LogP contribution >= 0.6 is 0 Å². The van der Waals surface area contributed by atoms with Gasteiger partial charge in [-0.25, -0.2) is 0 Å². The Hall–Kier alpha value is -3.20. The maximum atomic E-state index is 6.40. The van der Waals surface area contributed by atoms with E-state index in [1.807, 2.05) is 18.3 Å². The molecule has 0 aliphatic heterocycles. The molecule has 0 aliphatic carbocycles. The summed E-state index contributed by atoms with van der Waals surface area (Å²) in [5.41, 5.74) is 6.15. The number of rotatable bonds is 1. The van der Waals surface area contributed by atoms with Crippen molar-refractivity contribution in [3.05, 3.63) is 72.6 Å². The second-order valence-corrected chi connectivity index (χ2v) is 6.46. The van der Waals surface area contributed by atoms with Crippen molar-refractivity contribution in [2.75, 3.05) is 0 Å². The Bertz CT molecular complexity index is 1270. The molecule has 0 unspecified atom stereocenters. The number of fused-ring (bicyclic) bond motifs is 5. The van der Waals surface area contributed by atoms with E-state index < -0.39 is 0 Å². The van der Waals surface area contributed by atoms with Crippen LogP contribution in [-0.2, 0) is 7.05 Å². The first-order valence-corrected chi connectivity index (χ1v) is 8.38. The van der Waals surface area contributed by atoms with Gasteiger partial charge < -0.3 is 4.42 Å². The quantitative estimate of drug-likeness (QED) is 0.409. The summed E-state index contributed by atoms with van der Waals surface area (Å²) in [7, 11) is 2.06. The normalized spacial score (nSPS) is 11.6. The van der Waals surface area contributed by atoms with Gasteiger partial charge in [0.15, 0.2) is 11.8 Å². The van der Waals surface area contributed by atoms with Crippen LogP contribution in [0.1, 0.15) is 5.56 Å². The Kier molecular flexibility index (Phi) is 2.92. The second kappa shape index (κ2) is 5.15. The monoisotopic (exact) mass is 325 g/mol. The predicted octanol–water partition coefficient (Wildman–Crippen LogP) is 4.93. The van der Waals surface area contributed by atoms with Gasteiger partial charge in [0.25, 0.3) is 5.69 Å². The third-order valence-electron chi connectivity index (χ3n) is 4.89. The zero-order valence-corrected chi connectivity index (χ0v) is 14.2. The molecule has 0 spiro atoms. The standard InChI is InChI=1S/C22H17N2O/c1-14-7-3-5-9-16(14)20-22-18(11-12-24(20)2)19-21(25-22)17-10-6-4-8-15(17)13-23-19/h3-13H,1-2H3/q+1. The van der Waals surface area contributed by atoms with E-state index in [4.69, 9.17) is 4.42 Å². The summed E-state index contributed by atoms with van der Waals surface area (Å²) in [6, 6.07) is 18.7. The third-order valence-corrected chi connectivity index (χ3v) is 4.89. The lowest BCUT2D eigenvalue weighted by atomic mass is 10.0. The highest BCUT2D eigenvalue weighted by Crippen LogP contribution is 2.36. The topological polar surface area (TPSA) is 29.9 Å². The molecule has 3 heterocycles. The van der Waals surface area contributed by atoms with E-state index in [1.165, 1.54) is 11.1 Å². The van der Waals surface area contributed by atoms with Crippen molar-refractivity contribution >= 4 is 32.8 Å². The first-order valence-electron chi connectivity index (χ1n) is 8.38. The highest BCUT2D eigenvalue weighted by atomic mass is 16.3. The zero-order valence-electron chi connectivity index (χ0n) is 14.2. The van der Waals surface area contributed by atoms with Gasteiger partial charge >= 0.3 is 0 Å². The molecule has 120 valence electrons. The van der Waals surface area contributed by atoms with Crippen LogP contribution in [0.25, 0.3) is 44.1 Å². The molecule has 3 nitrogen and oxygen atoms in total. The smallest absolute Gasteiger partial charge is 0.256 e. The van der Waals surface area contributed by atoms with Gasteiger partial charge in [-0.2, -0.15) is 4.57 Å². The van der Waals surface area contributed by atoms with Crippen molar-refractivity contribution < 1.29 is 8.98 Å². The number of aromatic nitrogens is 2. The Labute approximate surface area is 145 Å². The molecule has 0 radical (unpaired) electrons. The third kappa shape index (κ3) is 1.99. The largest absolute Gasteiger partial charge is 0.447 e. The molecule has 5 rings (SSSR count). The lowest BCUT2D eigenvalue weighted by Crippen LogP contribution is -2.30. The van der Waals surface area contributed by atoms with Crippen molar-refractivity contribution in [1.29, 1.82) is 0 Å². The Morgan fingerprint density at radius 2 is 1.68 bits per heavy atom. The molecular weight excluding hydrogens is 308 g/mol. The molecule has 0 atom stereocenters. The summed E-state index contributed by atoms with van der Waals surface area (Å²) in [5, 5.41) is 3.25. The van der Waals surface area contributed by atoms with Crippen molar-refractivity contribution in [3.63, 3.8) is 0 Å². The van der Waals surface area contributed by atoms with Gasteiger partial charge in [-0.15, -0.1) is 0 Å². The molecule has 0 N–H and O–H groups in total. The molecule has 0 fully saturated rings. The Morgan fingerprint density at radius 1 is 0.880 bits per heavy atom. The van der Waals surface area contributed by atoms with E-state index in [9.17, 15) is 0 Å². The minimum Gasteiger partial charge on any atom is -0.447 e. The van der Waals surface area contributed by atoms with Crippen LogP contribution in [0.5, 0.6) is 0 Å². The van der Waals surface area contributed by atoms with Gasteiger partial charge in [0.1, 0.15) is 12.6 Å². The van der Waals surface area contributed by atoms with Gasteiger partial charge in [-0.1, -0.05) is 42.5 Å². The minimum absolute atomic E-state index is 0.856. The number of nitrogens with zero attached hydrogens (tertiary/aromatic N) is 2. The molecule has 0 aliphatic rings. The molecular formula is C22H17N2O+. The van der Waals surface area contributed by atoms with E-state index in [2.05, 4.69) is 72.2 Å². The summed E-state index contributed by atoms with van der Waals surface area (Å²) >= 11 is 0. The minimum atomic E-state index is 0.856. The van der Waals surface area contributed by atoms with E-state index >= 15 is 0 Å². The molecule has 0 bridgehead atoms. The molecule has 0 saturated heterocycles. The second-order valence-electron chi connectivity index (χ2n) is 6.46. The fraction of sp³-hybridized carbons (Fsp3) is 0.0909. The van der Waals surface area contributed by atoms with Crippen LogP contribution < -0.4 is 4.57 Å². The van der Waals surface area contributed by atoms with Gasteiger partial charge in [-0.3, -0.25) is 4.98 Å². The lowest BCUT2D eigenvalue weighted by Gasteiger charge is -2.04. The predicted molar refractivity (Wildman–Crippen MR) is 100 cm³/mol.